The zero-order valence-corrected chi connectivity index (χ0v) is 10.2. The highest BCUT2D eigenvalue weighted by Gasteiger charge is 2.25. The highest BCUT2D eigenvalue weighted by Crippen LogP contribution is 2.73. The topological polar surface area (TPSA) is 22.4 Å². The normalized spacial score (nSPS) is 28.0. The van der Waals surface area contributed by atoms with Crippen molar-refractivity contribution in [3.63, 3.8) is 0 Å². The molecular weight excluding hydrogens is 243 g/mol. The molecular formula is C7H9O2PS3. The number of hydrogen-bond donors (Lipinski definition) is 0. The molecule has 2 nitrogen and oxygen atoms in total. The monoisotopic (exact) mass is 252 g/mol. The summed E-state index contributed by atoms with van der Waals surface area (Å²) in [6.07, 6.45) is 1.69. The first kappa shape index (κ1) is 10.1. The smallest absolute Gasteiger partial charge is 0.175 e. The molecule has 0 bridgehead atoms. The molecule has 1 saturated heterocycles. The van der Waals surface area contributed by atoms with Crippen molar-refractivity contribution in [2.45, 2.75) is 5.75 Å². The van der Waals surface area contributed by atoms with Gasteiger partial charge in [-0.05, 0) is 23.9 Å². The molecule has 0 N–H and O–H groups in total. The Kier molecular flexibility index (Phi) is 3.43. The Morgan fingerprint density at radius 2 is 2.62 bits per heavy atom. The average molecular weight is 252 g/mol. The molecule has 1 aromatic rings. The highest BCUT2D eigenvalue weighted by atomic mass is 33.2. The van der Waals surface area contributed by atoms with E-state index in [1.54, 1.807) is 29.0 Å². The van der Waals surface area contributed by atoms with E-state index in [4.69, 9.17) is 20.7 Å². The van der Waals surface area contributed by atoms with Gasteiger partial charge in [0.2, 0.25) is 0 Å². The van der Waals surface area contributed by atoms with Crippen LogP contribution in [0.4, 0.5) is 0 Å². The third kappa shape index (κ3) is 2.77. The molecule has 1 unspecified atom stereocenters. The highest BCUT2D eigenvalue weighted by molar-refractivity contribution is 8.99. The van der Waals surface area contributed by atoms with Crippen LogP contribution in [0.5, 0.6) is 0 Å². The molecule has 1 aliphatic rings. The van der Waals surface area contributed by atoms with Gasteiger partial charge in [-0.15, -0.1) is 0 Å². The molecule has 0 aliphatic carbocycles. The predicted molar refractivity (Wildman–Crippen MR) is 62.7 cm³/mol. The Bertz CT molecular complexity index is 302. The van der Waals surface area contributed by atoms with Gasteiger partial charge < -0.3 is 8.94 Å². The van der Waals surface area contributed by atoms with Crippen LogP contribution in [0.15, 0.2) is 22.8 Å². The van der Waals surface area contributed by atoms with E-state index in [0.717, 1.165) is 23.9 Å². The van der Waals surface area contributed by atoms with E-state index in [1.165, 1.54) is 0 Å². The van der Waals surface area contributed by atoms with Gasteiger partial charge >= 0.3 is 0 Å². The van der Waals surface area contributed by atoms with Gasteiger partial charge in [-0.25, -0.2) is 0 Å². The Balaban J connectivity index is 1.89. The first-order chi connectivity index (χ1) is 6.29. The van der Waals surface area contributed by atoms with Crippen molar-refractivity contribution < 1.29 is 8.94 Å². The summed E-state index contributed by atoms with van der Waals surface area (Å²) < 4.78 is 9.17. The van der Waals surface area contributed by atoms with Crippen molar-refractivity contribution in [3.8, 4) is 0 Å². The number of rotatable bonds is 3. The summed E-state index contributed by atoms with van der Waals surface area (Å²) in [5, 5.41) is 0. The van der Waals surface area contributed by atoms with Crippen LogP contribution >= 0.6 is 27.4 Å². The zero-order valence-electron chi connectivity index (χ0n) is 6.84. The zero-order chi connectivity index (χ0) is 9.15. The summed E-state index contributed by atoms with van der Waals surface area (Å²) in [5.74, 6) is 2.85. The van der Waals surface area contributed by atoms with E-state index in [9.17, 15) is 0 Å². The lowest BCUT2D eigenvalue weighted by Crippen LogP contribution is -1.78. The van der Waals surface area contributed by atoms with Gasteiger partial charge in [0.25, 0.3) is 0 Å². The van der Waals surface area contributed by atoms with Crippen molar-refractivity contribution in [3.05, 3.63) is 24.2 Å². The SMILES string of the molecule is S=P1(SCc2ccco2)OCCS1. The standard InChI is InChI=1S/C7H9O2PS3/c11-10(9-4-5-12-10)13-6-7-2-1-3-8-7/h1-3H,4-6H2. The predicted octanol–water partition coefficient (Wildman–Crippen LogP) is 3.50. The van der Waals surface area contributed by atoms with Gasteiger partial charge in [0.15, 0.2) is 4.67 Å². The summed E-state index contributed by atoms with van der Waals surface area (Å²) in [4.78, 5) is 0. The summed E-state index contributed by atoms with van der Waals surface area (Å²) in [5.41, 5.74) is 0. The van der Waals surface area contributed by atoms with Gasteiger partial charge in [-0.2, -0.15) is 0 Å². The minimum atomic E-state index is -1.60. The summed E-state index contributed by atoms with van der Waals surface area (Å²) in [7, 11) is 0. The Morgan fingerprint density at radius 3 is 3.23 bits per heavy atom. The molecule has 0 spiro atoms. The van der Waals surface area contributed by atoms with E-state index in [0.29, 0.717) is 0 Å². The molecule has 0 radical (unpaired) electrons. The molecule has 1 aliphatic heterocycles. The minimum Gasteiger partial charge on any atom is -0.468 e. The molecule has 2 rings (SSSR count). The maximum Gasteiger partial charge on any atom is 0.175 e. The Hall–Kier alpha value is 0.590. The van der Waals surface area contributed by atoms with Crippen molar-refractivity contribution >= 4 is 39.2 Å². The summed E-state index contributed by atoms with van der Waals surface area (Å²) in [6, 6.07) is 3.86. The molecule has 0 amide bonds. The Morgan fingerprint density at radius 1 is 1.69 bits per heavy atom. The van der Waals surface area contributed by atoms with Gasteiger partial charge in [0, 0.05) is 5.75 Å². The maximum atomic E-state index is 5.55. The first-order valence-corrected chi connectivity index (χ1v) is 9.75. The molecule has 1 fully saturated rings. The lowest BCUT2D eigenvalue weighted by atomic mass is 10.5. The van der Waals surface area contributed by atoms with Crippen LogP contribution in [-0.2, 0) is 22.1 Å². The third-order valence-electron chi connectivity index (χ3n) is 1.53. The second kappa shape index (κ2) is 4.41. The van der Waals surface area contributed by atoms with Gasteiger partial charge in [-0.1, -0.05) is 22.8 Å². The second-order valence-electron chi connectivity index (χ2n) is 2.47. The molecule has 2 heterocycles. The average Bonchev–Trinajstić information content (AvgIpc) is 2.72. The second-order valence-corrected chi connectivity index (χ2v) is 13.1. The molecule has 1 aromatic heterocycles. The van der Waals surface area contributed by atoms with Crippen LogP contribution in [0.1, 0.15) is 5.76 Å². The molecule has 6 heteroatoms. The largest absolute Gasteiger partial charge is 0.468 e. The molecule has 1 atom stereocenters. The maximum absolute atomic E-state index is 5.55. The minimum absolute atomic E-state index is 0.813. The van der Waals surface area contributed by atoms with Gasteiger partial charge in [0.1, 0.15) is 5.76 Å². The fraction of sp³-hybridized carbons (Fsp3) is 0.429. The van der Waals surface area contributed by atoms with Crippen LogP contribution in [-0.4, -0.2) is 12.4 Å². The Labute approximate surface area is 90.4 Å². The molecule has 0 saturated carbocycles. The molecule has 72 valence electrons. The fourth-order valence-electron chi connectivity index (χ4n) is 0.947. The van der Waals surface area contributed by atoms with E-state index >= 15 is 0 Å². The van der Waals surface area contributed by atoms with Gasteiger partial charge in [-0.3, -0.25) is 0 Å². The van der Waals surface area contributed by atoms with E-state index in [2.05, 4.69) is 0 Å². The van der Waals surface area contributed by atoms with E-state index in [1.807, 2.05) is 12.1 Å². The molecule has 0 aromatic carbocycles. The fourth-order valence-corrected chi connectivity index (χ4v) is 8.49. The molecule has 13 heavy (non-hydrogen) atoms. The van der Waals surface area contributed by atoms with Crippen molar-refractivity contribution in [1.82, 2.24) is 0 Å². The van der Waals surface area contributed by atoms with Crippen molar-refractivity contribution in [2.24, 2.45) is 0 Å². The van der Waals surface area contributed by atoms with E-state index < -0.39 is 4.67 Å². The van der Waals surface area contributed by atoms with Crippen LogP contribution in [0, 0.1) is 0 Å². The van der Waals surface area contributed by atoms with Crippen LogP contribution in [0.25, 0.3) is 0 Å². The lowest BCUT2D eigenvalue weighted by Gasteiger charge is -2.10. The van der Waals surface area contributed by atoms with Crippen LogP contribution in [0.2, 0.25) is 0 Å². The van der Waals surface area contributed by atoms with Crippen molar-refractivity contribution in [2.75, 3.05) is 12.4 Å². The quantitative estimate of drug-likeness (QED) is 0.766. The summed E-state index contributed by atoms with van der Waals surface area (Å²) >= 11 is 8.92. The van der Waals surface area contributed by atoms with Crippen LogP contribution < -0.4 is 0 Å². The first-order valence-electron chi connectivity index (χ1n) is 3.85. The number of hydrogen-bond acceptors (Lipinski definition) is 5. The van der Waals surface area contributed by atoms with Gasteiger partial charge in [0.05, 0.1) is 18.6 Å². The summed E-state index contributed by atoms with van der Waals surface area (Å²) in [6.45, 7) is 0.813. The van der Waals surface area contributed by atoms with E-state index in [-0.39, 0.29) is 0 Å². The number of furan rings is 1. The lowest BCUT2D eigenvalue weighted by molar-refractivity contribution is 0.405. The third-order valence-corrected chi connectivity index (χ3v) is 11.0. The van der Waals surface area contributed by atoms with Crippen LogP contribution in [0.3, 0.4) is 0 Å². The van der Waals surface area contributed by atoms with Crippen molar-refractivity contribution in [1.29, 1.82) is 0 Å².